The van der Waals surface area contributed by atoms with Crippen LogP contribution in [0.15, 0.2) is 72.3 Å². The minimum absolute atomic E-state index is 0.0483. The molecule has 0 bridgehead atoms. The quantitative estimate of drug-likeness (QED) is 0.0784. The summed E-state index contributed by atoms with van der Waals surface area (Å²) in [6.07, 6.45) is 2.43. The van der Waals surface area contributed by atoms with Crippen LogP contribution in [-0.2, 0) is 77.9 Å². The van der Waals surface area contributed by atoms with E-state index in [0.717, 1.165) is 60.5 Å². The maximum Gasteiger partial charge on any atom is 0.303 e. The molecule has 9 rings (SSSR count). The third kappa shape index (κ3) is 12.5. The third-order valence-corrected chi connectivity index (χ3v) is 18.5. The Morgan fingerprint density at radius 3 is 2.07 bits per heavy atom. The number of carbonyl (C=O) groups excluding carboxylic acids is 4. The number of fused-ring (bicyclic) bond motifs is 6. The number of benzene rings is 2. The molecule has 3 saturated carbocycles. The minimum atomic E-state index is -1.55. The second-order valence-electron chi connectivity index (χ2n) is 23.9. The van der Waals surface area contributed by atoms with Crippen LogP contribution >= 0.6 is 0 Å². The highest BCUT2D eigenvalue weighted by molar-refractivity contribution is 5.68. The molecule has 3 aliphatic heterocycles. The van der Waals surface area contributed by atoms with E-state index in [1.54, 1.807) is 0 Å². The predicted octanol–water partition coefficient (Wildman–Crippen LogP) is 10.3. The summed E-state index contributed by atoms with van der Waals surface area (Å²) in [6, 6.07) is 19.3. The molecule has 15 heteroatoms. The maximum atomic E-state index is 13.0. The van der Waals surface area contributed by atoms with Gasteiger partial charge in [0.05, 0.1) is 19.3 Å². The molecule has 6 fully saturated rings. The van der Waals surface area contributed by atoms with E-state index in [2.05, 4.69) is 40.7 Å². The molecule has 2 aromatic carbocycles. The molecule has 0 aromatic heterocycles. The van der Waals surface area contributed by atoms with Crippen molar-refractivity contribution < 1.29 is 71.3 Å². The Balaban J connectivity index is 1.03. The molecule has 15 nitrogen and oxygen atoms in total. The summed E-state index contributed by atoms with van der Waals surface area (Å²) < 4.78 is 71.0. The van der Waals surface area contributed by atoms with Gasteiger partial charge < -0.3 is 52.1 Å². The van der Waals surface area contributed by atoms with Gasteiger partial charge in [0.15, 0.2) is 37.2 Å². The van der Waals surface area contributed by atoms with Crippen molar-refractivity contribution in [3.63, 3.8) is 0 Å². The van der Waals surface area contributed by atoms with Gasteiger partial charge in [-0.15, -0.1) is 0 Å². The fourth-order valence-corrected chi connectivity index (χ4v) is 14.9. The van der Waals surface area contributed by atoms with Crippen molar-refractivity contribution in [3.05, 3.63) is 83.4 Å². The fraction of sp³-hybridized carbons (Fsp3) is 0.705. The van der Waals surface area contributed by atoms with E-state index in [4.69, 9.17) is 52.1 Å². The largest absolute Gasteiger partial charge is 0.463 e. The standard InChI is InChI=1S/C61H84O15/c1-35(2)17-16-18-36(3)46-25-26-47-45-24-23-43-31-44(27-29-60(43,8)48(45)28-30-61(46,47)9)72-58-55(76-59-56(71-40(7)65)54(70-39(6)64)52(69-38(5)63)49(74-59)33-66-37(4)62)53(67-32-41-19-12-10-13-20-41)51-50(73-58)34-68-57(75-51)42-21-14-11-15-22-42/h10-15,19-23,35-36,44-59H,16-18,24-34H2,1-9H3/t36-,44+,45+,46-,47+,48+,49-,50-,51-,52+,53+,54+,55-,56-,57-,58-,59+,60+,61-/m1/s1. The van der Waals surface area contributed by atoms with Crippen molar-refractivity contribution in [1.29, 1.82) is 0 Å². The van der Waals surface area contributed by atoms with Crippen molar-refractivity contribution in [2.24, 2.45) is 46.3 Å². The van der Waals surface area contributed by atoms with Gasteiger partial charge in [-0.1, -0.05) is 126 Å². The SMILES string of the molecule is CC(=O)OC[C@H]1O[C@@H](O[C@H]2[C@H](O[C@H]3CC[C@@]4(C)C(=CC[C@H]5[C@@H]6CC[C@H]([C@H](C)CCCC(C)C)[C@@]6(C)CC[C@@H]54)C3)O[C@@H]3CO[C@@H](c4ccccc4)O[C@H]3[C@@H]2OCc2ccccc2)[C@H](OC(C)=O)[C@@H](OC(C)=O)[C@H]1OC(C)=O. The maximum absolute atomic E-state index is 13.0. The summed E-state index contributed by atoms with van der Waals surface area (Å²) in [5.41, 5.74) is 3.57. The van der Waals surface area contributed by atoms with Crippen LogP contribution in [0.5, 0.6) is 0 Å². The Bertz CT molecular complexity index is 2330. The van der Waals surface area contributed by atoms with Gasteiger partial charge in [-0.25, -0.2) is 0 Å². The summed E-state index contributed by atoms with van der Waals surface area (Å²) in [7, 11) is 0. The highest BCUT2D eigenvalue weighted by Crippen LogP contribution is 2.67. The molecular weight excluding hydrogens is 973 g/mol. The summed E-state index contributed by atoms with van der Waals surface area (Å²) in [5.74, 6) is 1.42. The first-order valence-electron chi connectivity index (χ1n) is 28.4. The molecule has 418 valence electrons. The average molecular weight is 1060 g/mol. The molecule has 0 radical (unpaired) electrons. The number of ether oxygens (including phenoxy) is 11. The van der Waals surface area contributed by atoms with E-state index in [1.807, 2.05) is 60.7 Å². The molecule has 0 N–H and O–H groups in total. The number of hydrogen-bond donors (Lipinski definition) is 0. The van der Waals surface area contributed by atoms with Crippen LogP contribution in [0.25, 0.3) is 0 Å². The van der Waals surface area contributed by atoms with E-state index in [1.165, 1.54) is 78.2 Å². The number of rotatable bonds is 18. The zero-order valence-corrected chi connectivity index (χ0v) is 46.3. The van der Waals surface area contributed by atoms with Crippen LogP contribution in [0.2, 0.25) is 0 Å². The lowest BCUT2D eigenvalue weighted by Crippen LogP contribution is -2.68. The lowest BCUT2D eigenvalue weighted by Gasteiger charge is -2.59. The Hall–Kier alpha value is -4.22. The summed E-state index contributed by atoms with van der Waals surface area (Å²) in [6.45, 7) is 17.0. The van der Waals surface area contributed by atoms with Crippen LogP contribution in [0.3, 0.4) is 0 Å². The molecule has 19 atom stereocenters. The van der Waals surface area contributed by atoms with Crippen LogP contribution < -0.4 is 0 Å². The molecule has 4 aliphatic carbocycles. The number of esters is 4. The molecule has 0 unspecified atom stereocenters. The average Bonchev–Trinajstić information content (AvgIpc) is 3.95. The third-order valence-electron chi connectivity index (χ3n) is 18.5. The number of hydrogen-bond acceptors (Lipinski definition) is 15. The van der Waals surface area contributed by atoms with Gasteiger partial charge in [-0.05, 0) is 103 Å². The molecule has 0 spiro atoms. The first-order valence-corrected chi connectivity index (χ1v) is 28.4. The fourth-order valence-electron chi connectivity index (χ4n) is 14.9. The first-order chi connectivity index (χ1) is 36.4. The predicted molar refractivity (Wildman–Crippen MR) is 278 cm³/mol. The Kier molecular flexibility index (Phi) is 18.2. The van der Waals surface area contributed by atoms with Crippen molar-refractivity contribution in [3.8, 4) is 0 Å². The molecule has 76 heavy (non-hydrogen) atoms. The van der Waals surface area contributed by atoms with E-state index in [0.29, 0.717) is 17.3 Å². The second-order valence-corrected chi connectivity index (χ2v) is 23.9. The minimum Gasteiger partial charge on any atom is -0.463 e. The van der Waals surface area contributed by atoms with Crippen LogP contribution in [-0.4, -0.2) is 105 Å². The van der Waals surface area contributed by atoms with Crippen molar-refractivity contribution in [1.82, 2.24) is 0 Å². The lowest BCUT2D eigenvalue weighted by molar-refractivity contribution is -0.401. The van der Waals surface area contributed by atoms with Crippen molar-refractivity contribution in [2.45, 2.75) is 213 Å². The zero-order valence-electron chi connectivity index (χ0n) is 46.3. The second kappa shape index (κ2) is 24.4. The van der Waals surface area contributed by atoms with Gasteiger partial charge >= 0.3 is 23.9 Å². The number of carbonyl (C=O) groups is 4. The molecule has 3 saturated heterocycles. The molecule has 2 aromatic rings. The van der Waals surface area contributed by atoms with Gasteiger partial charge in [0.25, 0.3) is 0 Å². The summed E-state index contributed by atoms with van der Waals surface area (Å²) in [5, 5.41) is 0. The Labute approximate surface area is 450 Å². The van der Waals surface area contributed by atoms with E-state index in [9.17, 15) is 19.2 Å². The van der Waals surface area contributed by atoms with Gasteiger partial charge in [0.2, 0.25) is 0 Å². The Morgan fingerprint density at radius 1 is 0.684 bits per heavy atom. The Morgan fingerprint density at radius 2 is 1.37 bits per heavy atom. The highest BCUT2D eigenvalue weighted by Gasteiger charge is 2.61. The van der Waals surface area contributed by atoms with Crippen LogP contribution in [0.1, 0.15) is 150 Å². The van der Waals surface area contributed by atoms with Gasteiger partial charge in [-0.3, -0.25) is 19.2 Å². The van der Waals surface area contributed by atoms with Crippen molar-refractivity contribution in [2.75, 3.05) is 13.2 Å². The lowest BCUT2D eigenvalue weighted by atomic mass is 9.47. The smallest absolute Gasteiger partial charge is 0.303 e. The van der Waals surface area contributed by atoms with E-state index in [-0.39, 0.29) is 24.7 Å². The van der Waals surface area contributed by atoms with Crippen LogP contribution in [0.4, 0.5) is 0 Å². The topological polar surface area (TPSA) is 170 Å². The molecule has 3 heterocycles. The van der Waals surface area contributed by atoms with Gasteiger partial charge in [0.1, 0.15) is 37.1 Å². The summed E-state index contributed by atoms with van der Waals surface area (Å²) >= 11 is 0. The number of allylic oxidation sites excluding steroid dienone is 1. The molecule has 0 amide bonds. The van der Waals surface area contributed by atoms with E-state index < -0.39 is 98.2 Å². The van der Waals surface area contributed by atoms with Crippen molar-refractivity contribution >= 4 is 23.9 Å². The first kappa shape index (κ1) is 56.5. The van der Waals surface area contributed by atoms with Gasteiger partial charge in [0, 0.05) is 33.3 Å². The van der Waals surface area contributed by atoms with E-state index >= 15 is 0 Å². The monoisotopic (exact) mass is 1060 g/mol. The molecular formula is C61H84O15. The molecule has 7 aliphatic rings. The zero-order chi connectivity index (χ0) is 53.9. The normalized spacial score (nSPS) is 38.3. The highest BCUT2D eigenvalue weighted by atomic mass is 16.8. The summed E-state index contributed by atoms with van der Waals surface area (Å²) in [4.78, 5) is 50.9. The van der Waals surface area contributed by atoms with Gasteiger partial charge in [-0.2, -0.15) is 0 Å². The van der Waals surface area contributed by atoms with Crippen LogP contribution in [0, 0.1) is 46.3 Å².